The zero-order valence-electron chi connectivity index (χ0n) is 9.40. The summed E-state index contributed by atoms with van der Waals surface area (Å²) in [6.07, 6.45) is 3.61. The highest BCUT2D eigenvalue weighted by atomic mass is 31.2. The molecule has 0 radical (unpaired) electrons. The standard InChI is InChI=1S/C8H21NO4P2/c1-3-5-7-11-15(10,13-14-9)12-8-6-4-2/h14H,3-9H2,1-2H3. The summed E-state index contributed by atoms with van der Waals surface area (Å²) >= 11 is 0. The molecule has 2 N–H and O–H groups in total. The van der Waals surface area contributed by atoms with E-state index in [0.717, 1.165) is 25.7 Å². The Bertz CT molecular complexity index is 177. The number of unbranched alkanes of at least 4 members (excludes halogenated alkanes) is 2. The molecule has 0 heterocycles. The molecule has 0 saturated heterocycles. The Balaban J connectivity index is 3.89. The van der Waals surface area contributed by atoms with Gasteiger partial charge in [0, 0.05) is 0 Å². The highest BCUT2D eigenvalue weighted by Gasteiger charge is 2.25. The Morgan fingerprint density at radius 1 is 1.13 bits per heavy atom. The summed E-state index contributed by atoms with van der Waals surface area (Å²) in [6.45, 7) is 4.81. The SMILES string of the molecule is CCCCOP(=O)(OCCCC)OPN. The molecule has 0 aliphatic heterocycles. The smallest absolute Gasteiger partial charge is 0.290 e. The van der Waals surface area contributed by atoms with Crippen molar-refractivity contribution in [1.29, 1.82) is 0 Å². The summed E-state index contributed by atoms with van der Waals surface area (Å²) in [4.78, 5) is 0. The number of phosphoric acid groups is 1. The predicted octanol–water partition coefficient (Wildman–Crippen LogP) is 3.21. The molecule has 0 saturated carbocycles. The normalized spacial score (nSPS) is 12.7. The van der Waals surface area contributed by atoms with Crippen LogP contribution in [0.3, 0.4) is 0 Å². The second-order valence-electron chi connectivity index (χ2n) is 3.03. The van der Waals surface area contributed by atoms with E-state index in [1.165, 1.54) is 0 Å². The van der Waals surface area contributed by atoms with E-state index in [1.807, 2.05) is 13.8 Å². The fourth-order valence-electron chi connectivity index (χ4n) is 0.796. The second-order valence-corrected chi connectivity index (χ2v) is 5.41. The summed E-state index contributed by atoms with van der Waals surface area (Å²) in [5.41, 5.74) is 5.20. The lowest BCUT2D eigenvalue weighted by molar-refractivity contribution is 0.157. The third-order valence-corrected chi connectivity index (χ3v) is 3.97. The van der Waals surface area contributed by atoms with E-state index in [4.69, 9.17) is 18.9 Å². The van der Waals surface area contributed by atoms with Crippen LogP contribution in [-0.2, 0) is 17.9 Å². The molecule has 0 aromatic carbocycles. The molecule has 1 atom stereocenters. The van der Waals surface area contributed by atoms with E-state index in [9.17, 15) is 4.57 Å². The molecular weight excluding hydrogens is 236 g/mol. The van der Waals surface area contributed by atoms with Crippen LogP contribution in [0.15, 0.2) is 0 Å². The number of rotatable bonds is 10. The lowest BCUT2D eigenvalue weighted by atomic mass is 10.4. The van der Waals surface area contributed by atoms with Gasteiger partial charge >= 0.3 is 7.82 Å². The summed E-state index contributed by atoms with van der Waals surface area (Å²) in [7, 11) is -3.77. The second kappa shape index (κ2) is 9.71. The first-order chi connectivity index (χ1) is 7.18. The number of hydrogen-bond donors (Lipinski definition) is 1. The zero-order valence-corrected chi connectivity index (χ0v) is 11.3. The Morgan fingerprint density at radius 2 is 1.60 bits per heavy atom. The summed E-state index contributed by atoms with van der Waals surface area (Å²) in [5, 5.41) is 0. The Labute approximate surface area is 93.6 Å². The van der Waals surface area contributed by atoms with Crippen LogP contribution in [0.2, 0.25) is 0 Å². The molecule has 0 fully saturated rings. The van der Waals surface area contributed by atoms with E-state index in [-0.39, 0.29) is 8.96 Å². The van der Waals surface area contributed by atoms with Crippen molar-refractivity contribution < 1.29 is 17.9 Å². The molecular formula is C8H21NO4P2. The third-order valence-electron chi connectivity index (χ3n) is 1.66. The van der Waals surface area contributed by atoms with E-state index >= 15 is 0 Å². The van der Waals surface area contributed by atoms with Crippen molar-refractivity contribution >= 4 is 16.8 Å². The molecule has 0 aliphatic carbocycles. The molecule has 0 rings (SSSR count). The van der Waals surface area contributed by atoms with E-state index in [0.29, 0.717) is 13.2 Å². The molecule has 15 heavy (non-hydrogen) atoms. The van der Waals surface area contributed by atoms with Crippen LogP contribution in [0, 0.1) is 0 Å². The van der Waals surface area contributed by atoms with Gasteiger partial charge < -0.3 is 0 Å². The van der Waals surface area contributed by atoms with Crippen LogP contribution < -0.4 is 5.50 Å². The fourth-order valence-corrected chi connectivity index (χ4v) is 2.51. The van der Waals surface area contributed by atoms with Gasteiger partial charge in [-0.15, -0.1) is 0 Å². The molecule has 0 spiro atoms. The number of nitrogens with two attached hydrogens (primary N) is 1. The largest absolute Gasteiger partial charge is 0.478 e. The van der Waals surface area contributed by atoms with E-state index in [2.05, 4.69) is 0 Å². The van der Waals surface area contributed by atoms with Crippen LogP contribution in [0.5, 0.6) is 0 Å². The Morgan fingerprint density at radius 3 is 1.93 bits per heavy atom. The quantitative estimate of drug-likeness (QED) is 0.480. The molecule has 0 amide bonds. The van der Waals surface area contributed by atoms with Crippen LogP contribution >= 0.6 is 16.8 Å². The lowest BCUT2D eigenvalue weighted by Gasteiger charge is -2.16. The predicted molar refractivity (Wildman–Crippen MR) is 62.9 cm³/mol. The van der Waals surface area contributed by atoms with Gasteiger partial charge in [-0.05, 0) is 12.8 Å². The zero-order chi connectivity index (χ0) is 11.6. The topological polar surface area (TPSA) is 70.8 Å². The highest BCUT2D eigenvalue weighted by molar-refractivity contribution is 7.55. The average Bonchev–Trinajstić information content (AvgIpc) is 2.19. The van der Waals surface area contributed by atoms with Crippen LogP contribution in [0.25, 0.3) is 0 Å². The van der Waals surface area contributed by atoms with Gasteiger partial charge in [-0.3, -0.25) is 18.9 Å². The van der Waals surface area contributed by atoms with Crippen molar-refractivity contribution in [1.82, 2.24) is 0 Å². The van der Waals surface area contributed by atoms with Gasteiger partial charge in [0.1, 0.15) is 0 Å². The van der Waals surface area contributed by atoms with Gasteiger partial charge in [-0.25, -0.2) is 4.57 Å². The maximum absolute atomic E-state index is 11.8. The fraction of sp³-hybridized carbons (Fsp3) is 1.00. The highest BCUT2D eigenvalue weighted by Crippen LogP contribution is 2.53. The third kappa shape index (κ3) is 8.32. The average molecular weight is 257 g/mol. The first-order valence-electron chi connectivity index (χ1n) is 5.21. The number of phosphoric ester groups is 1. The van der Waals surface area contributed by atoms with Gasteiger partial charge in [0.25, 0.3) is 0 Å². The van der Waals surface area contributed by atoms with Crippen molar-refractivity contribution in [3.63, 3.8) is 0 Å². The Hall–Kier alpha value is 0.500. The van der Waals surface area contributed by atoms with Gasteiger partial charge in [0.15, 0.2) is 0 Å². The van der Waals surface area contributed by atoms with Crippen LogP contribution in [0.1, 0.15) is 39.5 Å². The van der Waals surface area contributed by atoms with E-state index < -0.39 is 7.82 Å². The molecule has 0 aliphatic rings. The maximum atomic E-state index is 11.8. The number of hydrogen-bond acceptors (Lipinski definition) is 5. The minimum Gasteiger partial charge on any atom is -0.290 e. The maximum Gasteiger partial charge on any atom is 0.478 e. The summed E-state index contributed by atoms with van der Waals surface area (Å²) in [5.74, 6) is 0. The van der Waals surface area contributed by atoms with Crippen molar-refractivity contribution in [3.05, 3.63) is 0 Å². The van der Waals surface area contributed by atoms with Gasteiger partial charge in [0.05, 0.1) is 22.2 Å². The molecule has 0 bridgehead atoms. The first kappa shape index (κ1) is 15.5. The van der Waals surface area contributed by atoms with Crippen molar-refractivity contribution in [2.24, 2.45) is 5.50 Å². The molecule has 92 valence electrons. The molecule has 7 heteroatoms. The van der Waals surface area contributed by atoms with Crippen LogP contribution in [0.4, 0.5) is 0 Å². The minimum atomic E-state index is -3.39. The van der Waals surface area contributed by atoms with Crippen LogP contribution in [-0.4, -0.2) is 13.2 Å². The molecule has 0 aromatic rings. The van der Waals surface area contributed by atoms with Crippen molar-refractivity contribution in [3.8, 4) is 0 Å². The van der Waals surface area contributed by atoms with Gasteiger partial charge in [-0.1, -0.05) is 26.7 Å². The van der Waals surface area contributed by atoms with Crippen molar-refractivity contribution in [2.45, 2.75) is 39.5 Å². The van der Waals surface area contributed by atoms with Gasteiger partial charge in [0.2, 0.25) is 0 Å². The minimum absolute atomic E-state index is 0.379. The van der Waals surface area contributed by atoms with E-state index in [1.54, 1.807) is 0 Å². The summed E-state index contributed by atoms with van der Waals surface area (Å²) in [6, 6.07) is 0. The Kier molecular flexibility index (Phi) is 10.0. The first-order valence-corrected chi connectivity index (χ1v) is 7.66. The monoisotopic (exact) mass is 257 g/mol. The lowest BCUT2D eigenvalue weighted by Crippen LogP contribution is -2.00. The van der Waals surface area contributed by atoms with Crippen molar-refractivity contribution in [2.75, 3.05) is 13.2 Å². The molecule has 5 nitrogen and oxygen atoms in total. The molecule has 0 aromatic heterocycles. The summed E-state index contributed by atoms with van der Waals surface area (Å²) < 4.78 is 26.9. The molecule has 1 unspecified atom stereocenters. The van der Waals surface area contributed by atoms with Gasteiger partial charge in [-0.2, -0.15) is 0 Å².